The Labute approximate surface area is 162 Å². The van der Waals surface area contributed by atoms with Crippen molar-refractivity contribution >= 4 is 18.3 Å². The van der Waals surface area contributed by atoms with Gasteiger partial charge in [0.1, 0.15) is 11.6 Å². The molecule has 146 valence electrons. The van der Waals surface area contributed by atoms with Crippen molar-refractivity contribution < 1.29 is 4.79 Å². The van der Waals surface area contributed by atoms with Crippen molar-refractivity contribution in [1.82, 2.24) is 25.0 Å². The van der Waals surface area contributed by atoms with Gasteiger partial charge < -0.3 is 14.8 Å². The first-order chi connectivity index (χ1) is 12.3. The van der Waals surface area contributed by atoms with E-state index in [0.717, 1.165) is 63.6 Å². The van der Waals surface area contributed by atoms with Crippen LogP contribution in [0.25, 0.3) is 0 Å². The molecule has 1 aromatic rings. The lowest BCUT2D eigenvalue weighted by Crippen LogP contribution is -2.39. The summed E-state index contributed by atoms with van der Waals surface area (Å²) in [6.45, 7) is 4.56. The predicted molar refractivity (Wildman–Crippen MR) is 103 cm³/mol. The maximum absolute atomic E-state index is 12.7. The Morgan fingerprint density at radius 3 is 2.46 bits per heavy atom. The van der Waals surface area contributed by atoms with Crippen LogP contribution in [0.1, 0.15) is 75.4 Å². The standard InChI is InChI=1S/C19H31N5O.ClH/c25-18(13-15-5-3-1-2-4-6-15)23-10-7-16(8-11-23)19-22-21-17-14-20-9-12-24(17)19;/h15-16,20H,1-14H2;1H. The average Bonchev–Trinajstić information content (AvgIpc) is 2.92. The number of likely N-dealkylation sites (tertiary alicyclic amines) is 1. The second-order valence-corrected chi connectivity index (χ2v) is 8.02. The summed E-state index contributed by atoms with van der Waals surface area (Å²) in [7, 11) is 0. The number of amides is 1. The van der Waals surface area contributed by atoms with E-state index in [0.29, 0.717) is 17.7 Å². The van der Waals surface area contributed by atoms with Gasteiger partial charge in [-0.15, -0.1) is 22.6 Å². The van der Waals surface area contributed by atoms with Gasteiger partial charge in [-0.1, -0.05) is 25.7 Å². The molecule has 1 saturated heterocycles. The molecule has 0 unspecified atom stereocenters. The number of fused-ring (bicyclic) bond motifs is 1. The molecule has 0 spiro atoms. The molecule has 0 radical (unpaired) electrons. The van der Waals surface area contributed by atoms with Gasteiger partial charge in [0.05, 0.1) is 6.54 Å². The highest BCUT2D eigenvalue weighted by Crippen LogP contribution is 2.30. The van der Waals surface area contributed by atoms with E-state index in [9.17, 15) is 4.79 Å². The Hall–Kier alpha value is -1.14. The second-order valence-electron chi connectivity index (χ2n) is 8.02. The summed E-state index contributed by atoms with van der Waals surface area (Å²) in [5.41, 5.74) is 0. The van der Waals surface area contributed by atoms with Crippen LogP contribution in [0, 0.1) is 5.92 Å². The lowest BCUT2D eigenvalue weighted by Gasteiger charge is -2.33. The summed E-state index contributed by atoms with van der Waals surface area (Å²) in [5, 5.41) is 12.2. The molecular weight excluding hydrogens is 350 g/mol. The minimum atomic E-state index is 0. The number of carbonyl (C=O) groups excluding carboxylic acids is 1. The Morgan fingerprint density at radius 1 is 1.00 bits per heavy atom. The molecule has 0 atom stereocenters. The molecule has 1 aromatic heterocycles. The van der Waals surface area contributed by atoms with Crippen molar-refractivity contribution in [1.29, 1.82) is 0 Å². The first kappa shape index (κ1) is 19.6. The van der Waals surface area contributed by atoms with E-state index >= 15 is 0 Å². The summed E-state index contributed by atoms with van der Waals surface area (Å²) in [4.78, 5) is 14.8. The third-order valence-electron chi connectivity index (χ3n) is 6.30. The zero-order chi connectivity index (χ0) is 17.1. The maximum atomic E-state index is 12.7. The van der Waals surface area contributed by atoms with Crippen molar-refractivity contribution in [2.24, 2.45) is 5.92 Å². The highest BCUT2D eigenvalue weighted by molar-refractivity contribution is 5.85. The quantitative estimate of drug-likeness (QED) is 0.818. The Bertz CT molecular complexity index is 589. The van der Waals surface area contributed by atoms with Crippen LogP contribution in [-0.4, -0.2) is 45.2 Å². The molecule has 7 heteroatoms. The van der Waals surface area contributed by atoms with Crippen LogP contribution in [0.15, 0.2) is 0 Å². The third-order valence-corrected chi connectivity index (χ3v) is 6.30. The van der Waals surface area contributed by atoms with Gasteiger partial charge in [0, 0.05) is 38.5 Å². The highest BCUT2D eigenvalue weighted by Gasteiger charge is 2.29. The van der Waals surface area contributed by atoms with E-state index < -0.39 is 0 Å². The van der Waals surface area contributed by atoms with E-state index in [4.69, 9.17) is 0 Å². The summed E-state index contributed by atoms with van der Waals surface area (Å²) in [6, 6.07) is 0. The minimum Gasteiger partial charge on any atom is -0.343 e. The van der Waals surface area contributed by atoms with Crippen LogP contribution in [0.2, 0.25) is 0 Å². The van der Waals surface area contributed by atoms with E-state index in [1.165, 1.54) is 38.5 Å². The van der Waals surface area contributed by atoms with Gasteiger partial charge in [0.2, 0.25) is 5.91 Å². The van der Waals surface area contributed by atoms with Crippen molar-refractivity contribution in [3.63, 3.8) is 0 Å². The Balaban J connectivity index is 0.00000196. The smallest absolute Gasteiger partial charge is 0.222 e. The molecule has 2 fully saturated rings. The number of carbonyl (C=O) groups is 1. The van der Waals surface area contributed by atoms with Crippen LogP contribution >= 0.6 is 12.4 Å². The van der Waals surface area contributed by atoms with Gasteiger partial charge in [-0.05, 0) is 31.6 Å². The van der Waals surface area contributed by atoms with Gasteiger partial charge in [-0.2, -0.15) is 0 Å². The molecule has 3 heterocycles. The molecule has 6 nitrogen and oxygen atoms in total. The predicted octanol–water partition coefficient (Wildman–Crippen LogP) is 2.87. The molecule has 26 heavy (non-hydrogen) atoms. The summed E-state index contributed by atoms with van der Waals surface area (Å²) < 4.78 is 2.30. The molecule has 3 aliphatic rings. The van der Waals surface area contributed by atoms with Crippen LogP contribution in [0.3, 0.4) is 0 Å². The Morgan fingerprint density at radius 2 is 1.73 bits per heavy atom. The van der Waals surface area contributed by atoms with Gasteiger partial charge in [-0.25, -0.2) is 0 Å². The largest absolute Gasteiger partial charge is 0.343 e. The summed E-state index contributed by atoms with van der Waals surface area (Å²) in [5.74, 6) is 3.68. The highest BCUT2D eigenvalue weighted by atomic mass is 35.5. The van der Waals surface area contributed by atoms with Crippen LogP contribution in [-0.2, 0) is 17.9 Å². The number of hydrogen-bond donors (Lipinski definition) is 1. The second kappa shape index (κ2) is 9.18. The zero-order valence-corrected chi connectivity index (χ0v) is 16.5. The molecule has 4 rings (SSSR count). The minimum absolute atomic E-state index is 0. The maximum Gasteiger partial charge on any atom is 0.222 e. The molecular formula is C19H32ClN5O. The lowest BCUT2D eigenvalue weighted by atomic mass is 9.93. The van der Waals surface area contributed by atoms with Gasteiger partial charge in [0.15, 0.2) is 0 Å². The molecule has 1 N–H and O–H groups in total. The van der Waals surface area contributed by atoms with Gasteiger partial charge in [-0.3, -0.25) is 4.79 Å². The normalized spacial score (nSPS) is 22.4. The van der Waals surface area contributed by atoms with E-state index in [1.54, 1.807) is 0 Å². The molecule has 2 aliphatic heterocycles. The fourth-order valence-electron chi connectivity index (χ4n) is 4.75. The van der Waals surface area contributed by atoms with Crippen LogP contribution in [0.5, 0.6) is 0 Å². The third kappa shape index (κ3) is 4.39. The van der Waals surface area contributed by atoms with Crippen molar-refractivity contribution in [2.75, 3.05) is 19.6 Å². The first-order valence-corrected chi connectivity index (χ1v) is 10.2. The summed E-state index contributed by atoms with van der Waals surface area (Å²) >= 11 is 0. The lowest BCUT2D eigenvalue weighted by molar-refractivity contribution is -0.133. The van der Waals surface area contributed by atoms with E-state index in [-0.39, 0.29) is 12.4 Å². The topological polar surface area (TPSA) is 63.1 Å². The van der Waals surface area contributed by atoms with Crippen LogP contribution < -0.4 is 5.32 Å². The number of hydrogen-bond acceptors (Lipinski definition) is 4. The van der Waals surface area contributed by atoms with E-state index in [1.807, 2.05) is 0 Å². The van der Waals surface area contributed by atoms with Gasteiger partial charge >= 0.3 is 0 Å². The first-order valence-electron chi connectivity index (χ1n) is 10.2. The number of nitrogens with zero attached hydrogens (tertiary/aromatic N) is 4. The Kier molecular flexibility index (Phi) is 6.92. The van der Waals surface area contributed by atoms with E-state index in [2.05, 4.69) is 25.0 Å². The summed E-state index contributed by atoms with van der Waals surface area (Å²) in [6.07, 6.45) is 10.7. The molecule has 0 bridgehead atoms. The molecule has 1 aliphatic carbocycles. The average molecular weight is 382 g/mol. The number of aromatic nitrogens is 3. The van der Waals surface area contributed by atoms with Gasteiger partial charge in [0.25, 0.3) is 0 Å². The van der Waals surface area contributed by atoms with Crippen LogP contribution in [0.4, 0.5) is 0 Å². The van der Waals surface area contributed by atoms with Crippen molar-refractivity contribution in [2.45, 2.75) is 76.8 Å². The molecule has 1 saturated carbocycles. The zero-order valence-electron chi connectivity index (χ0n) is 15.7. The van der Waals surface area contributed by atoms with Crippen molar-refractivity contribution in [3.05, 3.63) is 11.6 Å². The fraction of sp³-hybridized carbons (Fsp3) is 0.842. The number of rotatable bonds is 3. The number of piperidine rings is 1. The monoisotopic (exact) mass is 381 g/mol. The number of nitrogens with one attached hydrogen (secondary N) is 1. The fourth-order valence-corrected chi connectivity index (χ4v) is 4.75. The molecule has 1 amide bonds. The molecule has 0 aromatic carbocycles. The number of halogens is 1. The van der Waals surface area contributed by atoms with Crippen molar-refractivity contribution in [3.8, 4) is 0 Å². The SMILES string of the molecule is Cl.O=C(CC1CCCCCC1)N1CCC(c2nnc3n2CCNC3)CC1.